The molecule has 6 nitrogen and oxygen atoms in total. The molecule has 1 aliphatic heterocycles. The van der Waals surface area contributed by atoms with Crippen molar-refractivity contribution in [2.24, 2.45) is 0 Å². The van der Waals surface area contributed by atoms with E-state index < -0.39 is 10.0 Å². The predicted molar refractivity (Wildman–Crippen MR) is 82.6 cm³/mol. The zero-order valence-electron chi connectivity index (χ0n) is 11.6. The Morgan fingerprint density at radius 2 is 1.86 bits per heavy atom. The maximum absolute atomic E-state index is 12.4. The van der Waals surface area contributed by atoms with E-state index in [0.29, 0.717) is 31.1 Å². The third-order valence-corrected chi connectivity index (χ3v) is 5.58. The van der Waals surface area contributed by atoms with Crippen LogP contribution in [0.15, 0.2) is 47.6 Å². The molecule has 0 atom stereocenters. The summed E-state index contributed by atoms with van der Waals surface area (Å²) in [4.78, 5) is 5.26. The minimum atomic E-state index is -3.38. The van der Waals surface area contributed by atoms with Gasteiger partial charge >= 0.3 is 0 Å². The van der Waals surface area contributed by atoms with Gasteiger partial charge in [0.1, 0.15) is 0 Å². The summed E-state index contributed by atoms with van der Waals surface area (Å²) in [5.41, 5.74) is 7.54. The van der Waals surface area contributed by atoms with E-state index in [1.165, 1.54) is 10.5 Å². The average Bonchev–Trinajstić information content (AvgIpc) is 3.02. The van der Waals surface area contributed by atoms with Crippen LogP contribution in [0.5, 0.6) is 0 Å². The Morgan fingerprint density at radius 3 is 2.48 bits per heavy atom. The summed E-state index contributed by atoms with van der Waals surface area (Å²) in [5, 5.41) is 0. The number of aromatic amines is 1. The van der Waals surface area contributed by atoms with Crippen molar-refractivity contribution in [3.63, 3.8) is 0 Å². The smallest absolute Gasteiger partial charge is 0.244 e. The van der Waals surface area contributed by atoms with Crippen LogP contribution in [0.25, 0.3) is 0 Å². The minimum absolute atomic E-state index is 0.319. The van der Waals surface area contributed by atoms with Crippen molar-refractivity contribution >= 4 is 21.4 Å². The highest BCUT2D eigenvalue weighted by molar-refractivity contribution is 7.89. The number of nitrogens with zero attached hydrogens (tertiary/aromatic N) is 2. The molecule has 1 saturated heterocycles. The largest absolute Gasteiger partial charge is 0.399 e. The van der Waals surface area contributed by atoms with Gasteiger partial charge in [0.2, 0.25) is 10.0 Å². The Hall–Kier alpha value is -1.99. The van der Waals surface area contributed by atoms with Crippen LogP contribution in [-0.4, -0.2) is 43.9 Å². The molecule has 2 heterocycles. The standard InChI is InChI=1S/C14H18N4O2S/c15-12-2-1-3-13(10-12)17-6-8-18(9-7-17)21(19,20)14-4-5-16-11-14/h1-5,10-11,16H,6-9,15H2. The van der Waals surface area contributed by atoms with Gasteiger partial charge in [0, 0.05) is 49.9 Å². The number of piperazine rings is 1. The van der Waals surface area contributed by atoms with Gasteiger partial charge in [-0.05, 0) is 24.3 Å². The van der Waals surface area contributed by atoms with Crippen molar-refractivity contribution in [1.29, 1.82) is 0 Å². The van der Waals surface area contributed by atoms with E-state index in [2.05, 4.69) is 9.88 Å². The second kappa shape index (κ2) is 5.42. The summed E-state index contributed by atoms with van der Waals surface area (Å²) < 4.78 is 26.4. The third kappa shape index (κ3) is 2.74. The summed E-state index contributed by atoms with van der Waals surface area (Å²) in [6.45, 7) is 2.27. The van der Waals surface area contributed by atoms with E-state index in [-0.39, 0.29) is 0 Å². The zero-order chi connectivity index (χ0) is 14.9. The first kappa shape index (κ1) is 14.0. The molecule has 0 bridgehead atoms. The molecule has 0 aliphatic carbocycles. The molecule has 0 unspecified atom stereocenters. The number of rotatable bonds is 3. The van der Waals surface area contributed by atoms with Gasteiger partial charge in [0.05, 0.1) is 4.90 Å². The fourth-order valence-corrected chi connectivity index (χ4v) is 3.93. The minimum Gasteiger partial charge on any atom is -0.399 e. The van der Waals surface area contributed by atoms with Crippen molar-refractivity contribution in [2.45, 2.75) is 4.90 Å². The van der Waals surface area contributed by atoms with Gasteiger partial charge in [0.25, 0.3) is 0 Å². The number of aromatic nitrogens is 1. The molecular formula is C14H18N4O2S. The summed E-state index contributed by atoms with van der Waals surface area (Å²) >= 11 is 0. The lowest BCUT2D eigenvalue weighted by Gasteiger charge is -2.35. The van der Waals surface area contributed by atoms with Crippen LogP contribution in [0.1, 0.15) is 0 Å². The second-order valence-electron chi connectivity index (χ2n) is 5.03. The lowest BCUT2D eigenvalue weighted by molar-refractivity contribution is 0.385. The lowest BCUT2D eigenvalue weighted by atomic mass is 10.2. The number of hydrogen-bond donors (Lipinski definition) is 2. The lowest BCUT2D eigenvalue weighted by Crippen LogP contribution is -2.48. The molecule has 3 rings (SSSR count). The molecular weight excluding hydrogens is 288 g/mol. The van der Waals surface area contributed by atoms with Crippen molar-refractivity contribution < 1.29 is 8.42 Å². The molecule has 0 radical (unpaired) electrons. The number of nitrogens with two attached hydrogens (primary N) is 1. The van der Waals surface area contributed by atoms with Gasteiger partial charge in [-0.15, -0.1) is 0 Å². The zero-order valence-corrected chi connectivity index (χ0v) is 12.4. The fourth-order valence-electron chi connectivity index (χ4n) is 2.53. The van der Waals surface area contributed by atoms with Crippen molar-refractivity contribution in [2.75, 3.05) is 36.8 Å². The number of H-pyrrole nitrogens is 1. The molecule has 0 spiro atoms. The number of benzene rings is 1. The molecule has 0 saturated carbocycles. The van der Waals surface area contributed by atoms with Crippen LogP contribution < -0.4 is 10.6 Å². The van der Waals surface area contributed by atoms with E-state index in [9.17, 15) is 8.42 Å². The Bertz CT molecular complexity index is 704. The Kier molecular flexibility index (Phi) is 3.60. The maximum atomic E-state index is 12.4. The van der Waals surface area contributed by atoms with Gasteiger partial charge in [0.15, 0.2) is 0 Å². The van der Waals surface area contributed by atoms with E-state index >= 15 is 0 Å². The molecule has 1 aromatic heterocycles. The Morgan fingerprint density at radius 1 is 1.10 bits per heavy atom. The number of nitrogens with one attached hydrogen (secondary N) is 1. The molecule has 112 valence electrons. The summed E-state index contributed by atoms with van der Waals surface area (Å²) in [5.74, 6) is 0. The first-order valence-electron chi connectivity index (χ1n) is 6.81. The van der Waals surface area contributed by atoms with Gasteiger partial charge in [-0.1, -0.05) is 6.07 Å². The molecule has 2 aromatic rings. The van der Waals surface area contributed by atoms with E-state index in [1.807, 2.05) is 24.3 Å². The highest BCUT2D eigenvalue weighted by Crippen LogP contribution is 2.22. The monoisotopic (exact) mass is 306 g/mol. The summed E-state index contributed by atoms with van der Waals surface area (Å²) in [6, 6.07) is 9.24. The topological polar surface area (TPSA) is 82.4 Å². The van der Waals surface area contributed by atoms with E-state index in [4.69, 9.17) is 5.73 Å². The van der Waals surface area contributed by atoms with Crippen LogP contribution in [0.3, 0.4) is 0 Å². The Balaban J connectivity index is 1.71. The van der Waals surface area contributed by atoms with Crippen LogP contribution >= 0.6 is 0 Å². The first-order chi connectivity index (χ1) is 10.1. The van der Waals surface area contributed by atoms with Crippen molar-refractivity contribution in [1.82, 2.24) is 9.29 Å². The van der Waals surface area contributed by atoms with Crippen LogP contribution in [-0.2, 0) is 10.0 Å². The molecule has 21 heavy (non-hydrogen) atoms. The van der Waals surface area contributed by atoms with Crippen LogP contribution in [0.4, 0.5) is 11.4 Å². The van der Waals surface area contributed by atoms with Gasteiger partial charge in [-0.3, -0.25) is 0 Å². The summed E-state index contributed by atoms with van der Waals surface area (Å²) in [6.07, 6.45) is 3.13. The molecule has 1 aliphatic rings. The number of sulfonamides is 1. The van der Waals surface area contributed by atoms with Gasteiger partial charge in [-0.2, -0.15) is 4.31 Å². The Labute approximate surface area is 124 Å². The SMILES string of the molecule is Nc1cccc(N2CCN(S(=O)(=O)c3cc[nH]c3)CC2)c1. The highest BCUT2D eigenvalue weighted by atomic mass is 32.2. The fraction of sp³-hybridized carbons (Fsp3) is 0.286. The van der Waals surface area contributed by atoms with Gasteiger partial charge < -0.3 is 15.6 Å². The third-order valence-electron chi connectivity index (χ3n) is 3.68. The summed E-state index contributed by atoms with van der Waals surface area (Å²) in [7, 11) is -3.38. The second-order valence-corrected chi connectivity index (χ2v) is 6.97. The molecule has 3 N–H and O–H groups in total. The van der Waals surface area contributed by atoms with Crippen molar-refractivity contribution in [3.05, 3.63) is 42.7 Å². The quantitative estimate of drug-likeness (QED) is 0.832. The van der Waals surface area contributed by atoms with Crippen LogP contribution in [0.2, 0.25) is 0 Å². The molecule has 0 amide bonds. The molecule has 1 fully saturated rings. The van der Waals surface area contributed by atoms with E-state index in [1.54, 1.807) is 12.3 Å². The normalized spacial score (nSPS) is 17.0. The molecule has 1 aromatic carbocycles. The predicted octanol–water partition coefficient (Wildman–Crippen LogP) is 1.11. The number of hydrogen-bond acceptors (Lipinski definition) is 4. The average molecular weight is 306 g/mol. The number of anilines is 2. The van der Waals surface area contributed by atoms with Gasteiger partial charge in [-0.25, -0.2) is 8.42 Å². The number of nitrogen functional groups attached to an aromatic ring is 1. The maximum Gasteiger partial charge on any atom is 0.244 e. The first-order valence-corrected chi connectivity index (χ1v) is 8.25. The van der Waals surface area contributed by atoms with E-state index in [0.717, 1.165) is 11.4 Å². The van der Waals surface area contributed by atoms with Crippen molar-refractivity contribution in [3.8, 4) is 0 Å². The highest BCUT2D eigenvalue weighted by Gasteiger charge is 2.28. The van der Waals surface area contributed by atoms with Crippen LogP contribution in [0, 0.1) is 0 Å². The molecule has 7 heteroatoms.